The predicted molar refractivity (Wildman–Crippen MR) is 85.0 cm³/mol. The molecular formula is C17H17N3O2. The highest BCUT2D eigenvalue weighted by Crippen LogP contribution is 2.27. The van der Waals surface area contributed by atoms with Crippen LogP contribution in [0.25, 0.3) is 0 Å². The van der Waals surface area contributed by atoms with E-state index in [9.17, 15) is 9.59 Å². The molecule has 1 aliphatic rings. The van der Waals surface area contributed by atoms with E-state index in [1.54, 1.807) is 24.5 Å². The van der Waals surface area contributed by atoms with Crippen molar-refractivity contribution >= 4 is 23.2 Å². The van der Waals surface area contributed by atoms with Crippen molar-refractivity contribution in [1.82, 2.24) is 4.98 Å². The summed E-state index contributed by atoms with van der Waals surface area (Å²) in [4.78, 5) is 29.6. The Labute approximate surface area is 129 Å². The second kappa shape index (κ2) is 5.97. The number of amides is 2. The molecule has 0 unspecified atom stereocenters. The first-order chi connectivity index (χ1) is 10.6. The highest BCUT2D eigenvalue weighted by atomic mass is 16.2. The van der Waals surface area contributed by atoms with Crippen LogP contribution >= 0.6 is 0 Å². The summed E-state index contributed by atoms with van der Waals surface area (Å²) in [7, 11) is 0. The average molecular weight is 295 g/mol. The van der Waals surface area contributed by atoms with Gasteiger partial charge in [0.25, 0.3) is 5.91 Å². The summed E-state index contributed by atoms with van der Waals surface area (Å²) in [6, 6.07) is 8.94. The normalized spacial score (nSPS) is 14.2. The number of pyridine rings is 1. The van der Waals surface area contributed by atoms with Crippen LogP contribution in [0.2, 0.25) is 0 Å². The molecule has 1 N–H and O–H groups in total. The van der Waals surface area contributed by atoms with Gasteiger partial charge in [-0.2, -0.15) is 0 Å². The molecule has 1 aromatic heterocycles. The fourth-order valence-electron chi connectivity index (χ4n) is 2.65. The van der Waals surface area contributed by atoms with E-state index in [2.05, 4.69) is 10.3 Å². The molecule has 5 nitrogen and oxygen atoms in total. The molecule has 3 rings (SSSR count). The topological polar surface area (TPSA) is 62.3 Å². The van der Waals surface area contributed by atoms with Crippen molar-refractivity contribution < 1.29 is 9.59 Å². The molecule has 112 valence electrons. The van der Waals surface area contributed by atoms with Gasteiger partial charge in [-0.1, -0.05) is 0 Å². The van der Waals surface area contributed by atoms with E-state index in [0.29, 0.717) is 12.0 Å². The van der Waals surface area contributed by atoms with E-state index < -0.39 is 0 Å². The van der Waals surface area contributed by atoms with Crippen molar-refractivity contribution in [2.75, 3.05) is 16.8 Å². The van der Waals surface area contributed by atoms with Crippen molar-refractivity contribution in [3.63, 3.8) is 0 Å². The van der Waals surface area contributed by atoms with Crippen LogP contribution in [0.3, 0.4) is 0 Å². The van der Waals surface area contributed by atoms with Gasteiger partial charge in [0.15, 0.2) is 0 Å². The Balaban J connectivity index is 1.77. The lowest BCUT2D eigenvalue weighted by atomic mass is 10.1. The summed E-state index contributed by atoms with van der Waals surface area (Å²) in [5.74, 6) is -0.0107. The van der Waals surface area contributed by atoms with Gasteiger partial charge in [0.05, 0.1) is 0 Å². The minimum Gasteiger partial charge on any atom is -0.322 e. The lowest BCUT2D eigenvalue weighted by Crippen LogP contribution is -2.24. The van der Waals surface area contributed by atoms with E-state index >= 15 is 0 Å². The van der Waals surface area contributed by atoms with Crippen molar-refractivity contribution in [1.29, 1.82) is 0 Å². The van der Waals surface area contributed by atoms with E-state index in [-0.39, 0.29) is 11.8 Å². The zero-order valence-electron chi connectivity index (χ0n) is 12.4. The Morgan fingerprint density at radius 2 is 2.00 bits per heavy atom. The van der Waals surface area contributed by atoms with Crippen molar-refractivity contribution in [3.05, 3.63) is 53.9 Å². The minimum atomic E-state index is -0.174. The molecule has 5 heteroatoms. The number of aromatic nitrogens is 1. The Kier molecular flexibility index (Phi) is 3.87. The second-order valence-corrected chi connectivity index (χ2v) is 5.34. The van der Waals surface area contributed by atoms with Crippen LogP contribution in [0.5, 0.6) is 0 Å². The summed E-state index contributed by atoms with van der Waals surface area (Å²) >= 11 is 0. The zero-order chi connectivity index (χ0) is 15.5. The third-order valence-electron chi connectivity index (χ3n) is 3.76. The number of nitrogens with one attached hydrogen (secondary N) is 1. The summed E-state index contributed by atoms with van der Waals surface area (Å²) in [5.41, 5.74) is 3.17. The third kappa shape index (κ3) is 2.83. The van der Waals surface area contributed by atoms with Crippen LogP contribution in [0.4, 0.5) is 11.4 Å². The maximum Gasteiger partial charge on any atom is 0.255 e. The van der Waals surface area contributed by atoms with Crippen molar-refractivity contribution in [3.8, 4) is 0 Å². The van der Waals surface area contributed by atoms with Crippen LogP contribution in [0, 0.1) is 6.92 Å². The van der Waals surface area contributed by atoms with Crippen LogP contribution < -0.4 is 10.2 Å². The summed E-state index contributed by atoms with van der Waals surface area (Å²) in [6.07, 6.45) is 4.68. The average Bonchev–Trinajstić information content (AvgIpc) is 2.94. The number of benzene rings is 1. The van der Waals surface area contributed by atoms with E-state index in [1.165, 1.54) is 0 Å². The van der Waals surface area contributed by atoms with Crippen LogP contribution in [0.15, 0.2) is 42.7 Å². The lowest BCUT2D eigenvalue weighted by Gasteiger charge is -2.19. The number of hydrogen-bond donors (Lipinski definition) is 1. The Bertz CT molecular complexity index is 713. The first kappa shape index (κ1) is 14.3. The van der Waals surface area contributed by atoms with Gasteiger partial charge in [0.2, 0.25) is 5.91 Å². The Morgan fingerprint density at radius 3 is 2.64 bits per heavy atom. The number of carbonyl (C=O) groups is 2. The largest absolute Gasteiger partial charge is 0.322 e. The molecule has 0 spiro atoms. The molecule has 0 aliphatic carbocycles. The van der Waals surface area contributed by atoms with Gasteiger partial charge < -0.3 is 10.2 Å². The maximum absolute atomic E-state index is 12.1. The standard InChI is InChI=1S/C17H17N3O2/c1-12-11-14(19-17(22)13-6-8-18-9-7-13)4-5-15(12)20-10-2-3-16(20)21/h4-9,11H,2-3,10H2,1H3,(H,19,22). The molecule has 22 heavy (non-hydrogen) atoms. The van der Waals surface area contributed by atoms with Gasteiger partial charge in [0, 0.05) is 42.3 Å². The van der Waals surface area contributed by atoms with Gasteiger partial charge in [-0.15, -0.1) is 0 Å². The van der Waals surface area contributed by atoms with Crippen LogP contribution in [-0.2, 0) is 4.79 Å². The van der Waals surface area contributed by atoms with E-state index in [1.807, 2.05) is 30.0 Å². The highest BCUT2D eigenvalue weighted by Gasteiger charge is 2.23. The van der Waals surface area contributed by atoms with E-state index in [4.69, 9.17) is 0 Å². The third-order valence-corrected chi connectivity index (χ3v) is 3.76. The predicted octanol–water partition coefficient (Wildman–Crippen LogP) is 2.77. The quantitative estimate of drug-likeness (QED) is 0.947. The summed E-state index contributed by atoms with van der Waals surface area (Å²) < 4.78 is 0. The van der Waals surface area contributed by atoms with Gasteiger partial charge >= 0.3 is 0 Å². The molecule has 0 radical (unpaired) electrons. The zero-order valence-corrected chi connectivity index (χ0v) is 12.4. The molecule has 0 saturated carbocycles. The van der Waals surface area contributed by atoms with Crippen molar-refractivity contribution in [2.24, 2.45) is 0 Å². The monoisotopic (exact) mass is 295 g/mol. The Morgan fingerprint density at radius 1 is 1.23 bits per heavy atom. The van der Waals surface area contributed by atoms with Gasteiger partial charge in [-0.3, -0.25) is 14.6 Å². The van der Waals surface area contributed by atoms with Crippen LogP contribution in [-0.4, -0.2) is 23.3 Å². The Hall–Kier alpha value is -2.69. The molecular weight excluding hydrogens is 278 g/mol. The highest BCUT2D eigenvalue weighted by molar-refractivity contribution is 6.04. The molecule has 2 amide bonds. The number of nitrogens with zero attached hydrogens (tertiary/aromatic N) is 2. The second-order valence-electron chi connectivity index (χ2n) is 5.34. The molecule has 1 aliphatic heterocycles. The number of carbonyl (C=O) groups excluding carboxylic acids is 2. The minimum absolute atomic E-state index is 0.164. The van der Waals surface area contributed by atoms with E-state index in [0.717, 1.165) is 29.9 Å². The molecule has 2 heterocycles. The molecule has 2 aromatic rings. The fraction of sp³-hybridized carbons (Fsp3) is 0.235. The number of anilines is 2. The molecule has 1 aromatic carbocycles. The number of rotatable bonds is 3. The molecule has 0 atom stereocenters. The maximum atomic E-state index is 12.1. The summed E-state index contributed by atoms with van der Waals surface area (Å²) in [5, 5.41) is 2.86. The lowest BCUT2D eigenvalue weighted by molar-refractivity contribution is -0.117. The molecule has 0 bridgehead atoms. The molecule has 1 saturated heterocycles. The number of aryl methyl sites for hydroxylation is 1. The van der Waals surface area contributed by atoms with Gasteiger partial charge in [-0.25, -0.2) is 0 Å². The van der Waals surface area contributed by atoms with Gasteiger partial charge in [0.1, 0.15) is 0 Å². The fourth-order valence-corrected chi connectivity index (χ4v) is 2.65. The smallest absolute Gasteiger partial charge is 0.255 e. The SMILES string of the molecule is Cc1cc(NC(=O)c2ccncc2)ccc1N1CCCC1=O. The first-order valence-corrected chi connectivity index (χ1v) is 7.27. The van der Waals surface area contributed by atoms with Crippen LogP contribution in [0.1, 0.15) is 28.8 Å². The number of hydrogen-bond acceptors (Lipinski definition) is 3. The molecule has 1 fully saturated rings. The van der Waals surface area contributed by atoms with Crippen molar-refractivity contribution in [2.45, 2.75) is 19.8 Å². The first-order valence-electron chi connectivity index (χ1n) is 7.27. The summed E-state index contributed by atoms with van der Waals surface area (Å²) in [6.45, 7) is 2.71. The van der Waals surface area contributed by atoms with Gasteiger partial charge in [-0.05, 0) is 49.2 Å².